The van der Waals surface area contributed by atoms with Crippen LogP contribution >= 0.6 is 11.6 Å². The van der Waals surface area contributed by atoms with Crippen LogP contribution in [-0.2, 0) is 13.5 Å². The summed E-state index contributed by atoms with van der Waals surface area (Å²) in [5.41, 5.74) is 4.17. The van der Waals surface area contributed by atoms with Gasteiger partial charge in [0.2, 0.25) is 0 Å². The molecule has 0 fully saturated rings. The van der Waals surface area contributed by atoms with Crippen molar-refractivity contribution in [1.82, 2.24) is 20.1 Å². The van der Waals surface area contributed by atoms with Gasteiger partial charge in [0.25, 0.3) is 0 Å². The van der Waals surface area contributed by atoms with Crippen molar-refractivity contribution in [3.8, 4) is 0 Å². The van der Waals surface area contributed by atoms with Crippen LogP contribution < -0.4 is 5.32 Å². The Labute approximate surface area is 125 Å². The lowest BCUT2D eigenvalue weighted by molar-refractivity contribution is 0.517. The Kier molecular flexibility index (Phi) is 4.78. The van der Waals surface area contributed by atoms with Crippen LogP contribution in [0.4, 0.5) is 0 Å². The van der Waals surface area contributed by atoms with Crippen molar-refractivity contribution in [3.63, 3.8) is 0 Å². The van der Waals surface area contributed by atoms with Crippen LogP contribution in [0, 0.1) is 13.8 Å². The summed E-state index contributed by atoms with van der Waals surface area (Å²) in [5.74, 6) is 0. The topological polar surface area (TPSA) is 42.7 Å². The highest BCUT2D eigenvalue weighted by molar-refractivity contribution is 6.31. The molecule has 0 bridgehead atoms. The zero-order valence-electron chi connectivity index (χ0n) is 12.4. The van der Waals surface area contributed by atoms with Gasteiger partial charge in [-0.15, -0.1) is 0 Å². The number of rotatable bonds is 5. The number of halogens is 1. The summed E-state index contributed by atoms with van der Waals surface area (Å²) >= 11 is 6.35. The Hall–Kier alpha value is -1.39. The predicted octanol–water partition coefficient (Wildman–Crippen LogP) is 2.98. The first-order valence-electron chi connectivity index (χ1n) is 6.86. The largest absolute Gasteiger partial charge is 0.309 e. The summed E-state index contributed by atoms with van der Waals surface area (Å²) in [4.78, 5) is 4.49. The van der Waals surface area contributed by atoms with E-state index in [1.165, 1.54) is 5.56 Å². The summed E-state index contributed by atoms with van der Waals surface area (Å²) in [7, 11) is 1.93. The Morgan fingerprint density at radius 2 is 2.15 bits per heavy atom. The minimum Gasteiger partial charge on any atom is -0.309 e. The third-order valence-corrected chi connectivity index (χ3v) is 3.89. The molecule has 2 heterocycles. The van der Waals surface area contributed by atoms with Gasteiger partial charge in [-0.2, -0.15) is 5.10 Å². The molecule has 20 heavy (non-hydrogen) atoms. The Morgan fingerprint density at radius 3 is 2.70 bits per heavy atom. The second-order valence-electron chi connectivity index (χ2n) is 5.04. The maximum absolute atomic E-state index is 6.35. The van der Waals surface area contributed by atoms with Crippen molar-refractivity contribution >= 4 is 11.6 Å². The lowest BCUT2D eigenvalue weighted by Gasteiger charge is -2.18. The van der Waals surface area contributed by atoms with Crippen LogP contribution in [0.15, 0.2) is 18.3 Å². The van der Waals surface area contributed by atoms with Crippen LogP contribution in [0.1, 0.15) is 35.6 Å². The predicted molar refractivity (Wildman–Crippen MR) is 82.1 cm³/mol. The second-order valence-corrected chi connectivity index (χ2v) is 5.42. The highest BCUT2D eigenvalue weighted by atomic mass is 35.5. The first-order chi connectivity index (χ1) is 9.52. The molecule has 1 atom stereocenters. The van der Waals surface area contributed by atoms with Crippen LogP contribution in [0.25, 0.3) is 0 Å². The summed E-state index contributed by atoms with van der Waals surface area (Å²) < 4.78 is 1.86. The van der Waals surface area contributed by atoms with E-state index >= 15 is 0 Å². The molecule has 0 amide bonds. The summed E-state index contributed by atoms with van der Waals surface area (Å²) in [6.07, 6.45) is 2.63. The monoisotopic (exact) mass is 292 g/mol. The highest BCUT2D eigenvalue weighted by Gasteiger charge is 2.18. The minimum atomic E-state index is 0.146. The molecule has 5 heteroatoms. The quantitative estimate of drug-likeness (QED) is 0.921. The fourth-order valence-corrected chi connectivity index (χ4v) is 2.61. The molecule has 2 aromatic heterocycles. The van der Waals surface area contributed by atoms with Crippen LogP contribution in [-0.4, -0.2) is 21.3 Å². The average molecular weight is 293 g/mol. The number of aromatic nitrogens is 3. The summed E-state index contributed by atoms with van der Waals surface area (Å²) in [6, 6.07) is 4.27. The molecule has 4 nitrogen and oxygen atoms in total. The Bertz CT molecular complexity index is 592. The molecule has 1 N–H and O–H groups in total. The molecule has 0 spiro atoms. The fraction of sp³-hybridized carbons (Fsp3) is 0.467. The van der Waals surface area contributed by atoms with Crippen LogP contribution in [0.5, 0.6) is 0 Å². The van der Waals surface area contributed by atoms with Crippen molar-refractivity contribution in [2.24, 2.45) is 7.05 Å². The molecule has 2 aromatic rings. The van der Waals surface area contributed by atoms with E-state index in [0.29, 0.717) is 0 Å². The van der Waals surface area contributed by atoms with Gasteiger partial charge in [-0.3, -0.25) is 9.67 Å². The molecule has 1 unspecified atom stereocenters. The van der Waals surface area contributed by atoms with E-state index in [9.17, 15) is 0 Å². The van der Waals surface area contributed by atoms with Crippen molar-refractivity contribution < 1.29 is 0 Å². The second kappa shape index (κ2) is 6.37. The average Bonchev–Trinajstić information content (AvgIpc) is 2.64. The molecular weight excluding hydrogens is 272 g/mol. The van der Waals surface area contributed by atoms with Crippen molar-refractivity contribution in [3.05, 3.63) is 46.0 Å². The maximum Gasteiger partial charge on any atom is 0.0847 e. The van der Waals surface area contributed by atoms with Gasteiger partial charge in [-0.1, -0.05) is 18.5 Å². The third kappa shape index (κ3) is 3.19. The van der Waals surface area contributed by atoms with E-state index in [2.05, 4.69) is 35.3 Å². The molecule has 0 saturated carbocycles. The molecule has 108 valence electrons. The van der Waals surface area contributed by atoms with Crippen LogP contribution in [0.2, 0.25) is 5.02 Å². The number of nitrogens with one attached hydrogen (secondary N) is 1. The molecular formula is C15H21ClN4. The zero-order valence-corrected chi connectivity index (χ0v) is 13.2. The number of likely N-dealkylation sites (N-methyl/N-ethyl adjacent to an activating group) is 1. The molecule has 0 saturated heterocycles. The van der Waals surface area contributed by atoms with Gasteiger partial charge in [-0.05, 0) is 38.1 Å². The minimum absolute atomic E-state index is 0.146. The third-order valence-electron chi connectivity index (χ3n) is 3.40. The first kappa shape index (κ1) is 15.0. The Morgan fingerprint density at radius 1 is 1.40 bits per heavy atom. The first-order valence-corrected chi connectivity index (χ1v) is 7.24. The zero-order chi connectivity index (χ0) is 14.7. The normalized spacial score (nSPS) is 12.7. The van der Waals surface area contributed by atoms with E-state index in [4.69, 9.17) is 11.6 Å². The van der Waals surface area contributed by atoms with Gasteiger partial charge < -0.3 is 5.32 Å². The van der Waals surface area contributed by atoms with E-state index in [-0.39, 0.29) is 6.04 Å². The number of aryl methyl sites for hydroxylation is 3. The van der Waals surface area contributed by atoms with Gasteiger partial charge in [0.05, 0.1) is 28.1 Å². The van der Waals surface area contributed by atoms with E-state index in [1.54, 1.807) is 0 Å². The lowest BCUT2D eigenvalue weighted by atomic mass is 10.1. The highest BCUT2D eigenvalue weighted by Crippen LogP contribution is 2.25. The lowest BCUT2D eigenvalue weighted by Crippen LogP contribution is -2.25. The molecule has 0 aliphatic rings. The number of pyridine rings is 1. The van der Waals surface area contributed by atoms with Crippen LogP contribution in [0.3, 0.4) is 0 Å². The smallest absolute Gasteiger partial charge is 0.0847 e. The van der Waals surface area contributed by atoms with Crippen molar-refractivity contribution in [1.29, 1.82) is 0 Å². The molecule has 0 aliphatic carbocycles. The van der Waals surface area contributed by atoms with E-state index in [0.717, 1.165) is 35.1 Å². The fourth-order valence-electron chi connectivity index (χ4n) is 2.37. The van der Waals surface area contributed by atoms with Crippen molar-refractivity contribution in [2.75, 3.05) is 6.54 Å². The van der Waals surface area contributed by atoms with Gasteiger partial charge in [0.15, 0.2) is 0 Å². The molecule has 0 aromatic carbocycles. The van der Waals surface area contributed by atoms with Gasteiger partial charge >= 0.3 is 0 Å². The number of hydrogen-bond acceptors (Lipinski definition) is 3. The number of hydrogen-bond donors (Lipinski definition) is 1. The van der Waals surface area contributed by atoms with Gasteiger partial charge in [0.1, 0.15) is 0 Å². The molecule has 0 radical (unpaired) electrons. The molecule has 0 aliphatic heterocycles. The standard InChI is InChI=1S/C15H21ClN4/c1-5-17-13(12-8-10(2)6-7-18-12)9-14-15(16)11(3)19-20(14)4/h6-8,13,17H,5,9H2,1-4H3. The molecule has 2 rings (SSSR count). The number of nitrogens with zero attached hydrogens (tertiary/aromatic N) is 3. The summed E-state index contributed by atoms with van der Waals surface area (Å²) in [6.45, 7) is 6.99. The summed E-state index contributed by atoms with van der Waals surface area (Å²) in [5, 5.41) is 8.60. The van der Waals surface area contributed by atoms with Gasteiger partial charge in [-0.25, -0.2) is 0 Å². The van der Waals surface area contributed by atoms with E-state index in [1.807, 2.05) is 30.9 Å². The van der Waals surface area contributed by atoms with Gasteiger partial charge in [0, 0.05) is 19.7 Å². The van der Waals surface area contributed by atoms with Crippen molar-refractivity contribution in [2.45, 2.75) is 33.2 Å². The Balaban J connectivity index is 2.30. The van der Waals surface area contributed by atoms with E-state index < -0.39 is 0 Å². The maximum atomic E-state index is 6.35. The SMILES string of the molecule is CCNC(Cc1c(Cl)c(C)nn1C)c1cc(C)ccn1.